The minimum Gasteiger partial charge on any atom is -0.339 e. The van der Waals surface area contributed by atoms with E-state index < -0.39 is 17.9 Å². The lowest BCUT2D eigenvalue weighted by molar-refractivity contribution is 0.0708. The molecule has 40 heavy (non-hydrogen) atoms. The van der Waals surface area contributed by atoms with Crippen LogP contribution in [0.4, 0.5) is 13.2 Å². The molecule has 1 aliphatic rings. The van der Waals surface area contributed by atoms with Crippen molar-refractivity contribution in [2.75, 3.05) is 13.1 Å². The van der Waals surface area contributed by atoms with E-state index in [4.69, 9.17) is 10.4 Å². The number of carbonyl (C=O) groups is 1. The minimum atomic E-state index is -1.20. The summed E-state index contributed by atoms with van der Waals surface area (Å²) in [5.74, 6) is 1.40. The summed E-state index contributed by atoms with van der Waals surface area (Å²) in [6.45, 7) is 5.97. The van der Waals surface area contributed by atoms with Crippen LogP contribution in [0.15, 0.2) is 60.7 Å². The van der Waals surface area contributed by atoms with E-state index in [0.29, 0.717) is 42.6 Å². The molecular weight excluding hydrogens is 513 g/mol. The van der Waals surface area contributed by atoms with Crippen LogP contribution < -0.4 is 0 Å². The highest BCUT2D eigenvalue weighted by Crippen LogP contribution is 2.33. The second-order valence-electron chi connectivity index (χ2n) is 9.82. The maximum absolute atomic E-state index is 14.5. The summed E-state index contributed by atoms with van der Waals surface area (Å²) in [5.41, 5.74) is 3.31. The Hall–Kier alpha value is -4.38. The number of alkyl halides is 1. The van der Waals surface area contributed by atoms with E-state index in [1.54, 1.807) is 41.5 Å². The number of nitrogens with zero attached hydrogens (tertiary/aromatic N) is 3. The number of terminal acetylenes is 1. The Balaban J connectivity index is 0.00000118. The molecule has 5 nitrogen and oxygen atoms in total. The zero-order valence-electron chi connectivity index (χ0n) is 22.7. The zero-order chi connectivity index (χ0) is 29.0. The fourth-order valence-electron chi connectivity index (χ4n) is 5.18. The second-order valence-corrected chi connectivity index (χ2v) is 9.82. The van der Waals surface area contributed by atoms with Crippen LogP contribution in [0.5, 0.6) is 0 Å². The van der Waals surface area contributed by atoms with Gasteiger partial charge in [0.1, 0.15) is 17.5 Å². The molecule has 1 saturated heterocycles. The van der Waals surface area contributed by atoms with Crippen molar-refractivity contribution in [3.05, 3.63) is 100 Å². The van der Waals surface area contributed by atoms with Gasteiger partial charge in [0, 0.05) is 41.8 Å². The van der Waals surface area contributed by atoms with Crippen molar-refractivity contribution in [2.24, 2.45) is 0 Å². The first kappa shape index (κ1) is 28.6. The molecule has 1 aliphatic heterocycles. The predicted octanol–water partition coefficient (Wildman–Crippen LogP) is 7.19. The van der Waals surface area contributed by atoms with Crippen LogP contribution in [0.25, 0.3) is 11.0 Å². The SMILES string of the molecule is C#CC.Cc1cc(C(=O)N2CCC(c3nc4ccccc4n3C(C)F)CC2)ccc1C(=N)c1cc(F)cc(F)c1. The molecule has 0 spiro atoms. The molecule has 206 valence electrons. The number of likely N-dealkylation sites (tertiary alicyclic amines) is 1. The van der Waals surface area contributed by atoms with Crippen molar-refractivity contribution in [2.45, 2.75) is 45.8 Å². The number of hydrogen-bond donors (Lipinski definition) is 1. The van der Waals surface area contributed by atoms with Crippen LogP contribution in [0, 0.1) is 36.3 Å². The third kappa shape index (κ3) is 5.94. The van der Waals surface area contributed by atoms with Gasteiger partial charge >= 0.3 is 0 Å². The van der Waals surface area contributed by atoms with E-state index in [-0.39, 0.29) is 23.1 Å². The molecule has 0 bridgehead atoms. The molecule has 0 saturated carbocycles. The summed E-state index contributed by atoms with van der Waals surface area (Å²) in [5, 5.41) is 8.41. The van der Waals surface area contributed by atoms with Crippen molar-refractivity contribution in [1.82, 2.24) is 14.5 Å². The van der Waals surface area contributed by atoms with Crippen molar-refractivity contribution >= 4 is 22.7 Å². The van der Waals surface area contributed by atoms with Gasteiger partial charge in [0.2, 0.25) is 0 Å². The van der Waals surface area contributed by atoms with Crippen LogP contribution in [0.1, 0.15) is 71.8 Å². The Kier molecular flexibility index (Phi) is 8.73. The molecule has 1 fully saturated rings. The third-order valence-electron chi connectivity index (χ3n) is 7.02. The van der Waals surface area contributed by atoms with E-state index in [9.17, 15) is 18.0 Å². The number of nitrogens with one attached hydrogen (secondary N) is 1. The van der Waals surface area contributed by atoms with Crippen LogP contribution >= 0.6 is 0 Å². The summed E-state index contributed by atoms with van der Waals surface area (Å²) in [7, 11) is 0. The molecule has 4 aromatic rings. The summed E-state index contributed by atoms with van der Waals surface area (Å²) >= 11 is 0. The molecule has 1 amide bonds. The van der Waals surface area contributed by atoms with Crippen LogP contribution in [-0.2, 0) is 0 Å². The molecule has 0 aliphatic carbocycles. The summed E-state index contributed by atoms with van der Waals surface area (Å²) in [6, 6.07) is 15.5. The first-order valence-corrected chi connectivity index (χ1v) is 13.1. The van der Waals surface area contributed by atoms with Crippen molar-refractivity contribution in [1.29, 1.82) is 5.41 Å². The predicted molar refractivity (Wildman–Crippen MR) is 151 cm³/mol. The molecule has 0 radical (unpaired) electrons. The fourth-order valence-corrected chi connectivity index (χ4v) is 5.18. The lowest BCUT2D eigenvalue weighted by Gasteiger charge is -2.32. The molecule has 2 heterocycles. The first-order valence-electron chi connectivity index (χ1n) is 13.1. The maximum atomic E-state index is 14.5. The number of para-hydroxylation sites is 2. The van der Waals surface area contributed by atoms with Crippen LogP contribution in [0.2, 0.25) is 0 Å². The molecule has 3 aromatic carbocycles. The first-order chi connectivity index (χ1) is 19.1. The Labute approximate surface area is 232 Å². The maximum Gasteiger partial charge on any atom is 0.253 e. The molecule has 1 N–H and O–H groups in total. The fraction of sp³-hybridized carbons (Fsp3) is 0.281. The van der Waals surface area contributed by atoms with Crippen molar-refractivity contribution in [3.8, 4) is 12.3 Å². The standard InChI is InChI=1S/C29H27F3N4O.C3H4/c1-17-13-20(7-8-24(17)27(33)21-14-22(31)16-23(32)15-21)29(37)35-11-9-19(10-12-35)28-34-25-5-3-4-6-26(25)36(28)18(2)30;1-3-2/h3-8,13-16,18-19,33H,9-12H2,1-2H3;1H,2H3. The summed E-state index contributed by atoms with van der Waals surface area (Å²) in [6.07, 6.45) is 4.75. The van der Waals surface area contributed by atoms with Crippen molar-refractivity contribution < 1.29 is 18.0 Å². The average Bonchev–Trinajstić information content (AvgIpc) is 3.32. The Morgan fingerprint density at radius 1 is 1.05 bits per heavy atom. The lowest BCUT2D eigenvalue weighted by Crippen LogP contribution is -2.38. The van der Waals surface area contributed by atoms with E-state index >= 15 is 0 Å². The highest BCUT2D eigenvalue weighted by molar-refractivity contribution is 6.12. The molecule has 5 rings (SSSR count). The zero-order valence-corrected chi connectivity index (χ0v) is 22.7. The number of halogens is 3. The van der Waals surface area contributed by atoms with Gasteiger partial charge in [-0.1, -0.05) is 18.2 Å². The number of carbonyl (C=O) groups excluding carboxylic acids is 1. The van der Waals surface area contributed by atoms with Crippen LogP contribution in [-0.4, -0.2) is 39.2 Å². The normalized spacial score (nSPS) is 14.3. The Morgan fingerprint density at radius 2 is 1.68 bits per heavy atom. The van der Waals surface area contributed by atoms with Gasteiger partial charge in [-0.25, -0.2) is 18.2 Å². The largest absolute Gasteiger partial charge is 0.339 e. The van der Waals surface area contributed by atoms with Gasteiger partial charge in [0.05, 0.1) is 16.7 Å². The lowest BCUT2D eigenvalue weighted by atomic mass is 9.94. The van der Waals surface area contributed by atoms with E-state index in [1.165, 1.54) is 6.92 Å². The van der Waals surface area contributed by atoms with Gasteiger partial charge in [0.15, 0.2) is 6.30 Å². The van der Waals surface area contributed by atoms with Gasteiger partial charge in [0.25, 0.3) is 5.91 Å². The molecule has 1 aromatic heterocycles. The van der Waals surface area contributed by atoms with E-state index in [2.05, 4.69) is 12.3 Å². The number of imidazole rings is 1. The van der Waals surface area contributed by atoms with Gasteiger partial charge in [-0.15, -0.1) is 12.3 Å². The number of fused-ring (bicyclic) bond motifs is 1. The number of piperidine rings is 1. The number of amides is 1. The summed E-state index contributed by atoms with van der Waals surface area (Å²) in [4.78, 5) is 19.7. The highest BCUT2D eigenvalue weighted by Gasteiger charge is 2.29. The molecule has 8 heteroatoms. The quantitative estimate of drug-likeness (QED) is 0.214. The highest BCUT2D eigenvalue weighted by atomic mass is 19.1. The monoisotopic (exact) mass is 544 g/mol. The number of aromatic nitrogens is 2. The van der Waals surface area contributed by atoms with Gasteiger partial charge < -0.3 is 4.90 Å². The smallest absolute Gasteiger partial charge is 0.253 e. The van der Waals surface area contributed by atoms with Gasteiger partial charge in [-0.05, 0) is 75.6 Å². The number of aryl methyl sites for hydroxylation is 1. The summed E-state index contributed by atoms with van der Waals surface area (Å²) < 4.78 is 43.4. The number of rotatable bonds is 5. The van der Waals surface area contributed by atoms with E-state index in [1.807, 2.05) is 24.3 Å². The topological polar surface area (TPSA) is 62.0 Å². The third-order valence-corrected chi connectivity index (χ3v) is 7.02. The molecule has 1 atom stereocenters. The minimum absolute atomic E-state index is 0.0132. The van der Waals surface area contributed by atoms with Crippen molar-refractivity contribution in [3.63, 3.8) is 0 Å². The average molecular weight is 545 g/mol. The number of benzene rings is 3. The Morgan fingerprint density at radius 3 is 2.27 bits per heavy atom. The van der Waals surface area contributed by atoms with E-state index in [0.717, 1.165) is 35.1 Å². The van der Waals surface area contributed by atoms with Crippen LogP contribution in [0.3, 0.4) is 0 Å². The molecular formula is C32H31F3N4O. The Bertz CT molecular complexity index is 1570. The van der Waals surface area contributed by atoms with Gasteiger partial charge in [-0.2, -0.15) is 0 Å². The van der Waals surface area contributed by atoms with Gasteiger partial charge in [-0.3, -0.25) is 14.8 Å². The number of hydrogen-bond acceptors (Lipinski definition) is 3. The second kappa shape index (κ2) is 12.2. The molecule has 1 unspecified atom stereocenters.